The largest absolute Gasteiger partial charge is 0.493 e. The minimum atomic E-state index is 0.0937. The topological polar surface area (TPSA) is 21.3 Å². The Morgan fingerprint density at radius 1 is 1.24 bits per heavy atom. The van der Waals surface area contributed by atoms with Crippen LogP contribution in [0.4, 0.5) is 0 Å². The van der Waals surface area contributed by atoms with Gasteiger partial charge in [-0.2, -0.15) is 0 Å². The van der Waals surface area contributed by atoms with Crippen molar-refractivity contribution in [2.24, 2.45) is 0 Å². The van der Waals surface area contributed by atoms with E-state index in [9.17, 15) is 0 Å². The zero-order chi connectivity index (χ0) is 14.8. The number of hydrogen-bond donors (Lipinski definition) is 1. The number of halogens is 1. The van der Waals surface area contributed by atoms with Crippen LogP contribution in [-0.4, -0.2) is 13.7 Å². The van der Waals surface area contributed by atoms with Crippen LogP contribution >= 0.6 is 11.6 Å². The van der Waals surface area contributed by atoms with Gasteiger partial charge in [0, 0.05) is 10.6 Å². The second-order valence-corrected chi connectivity index (χ2v) is 5.93. The second-order valence-electron chi connectivity index (χ2n) is 5.52. The van der Waals surface area contributed by atoms with Crippen molar-refractivity contribution in [3.63, 3.8) is 0 Å². The molecular weight excluding hydrogens is 282 g/mol. The number of aryl methyl sites for hydroxylation is 2. The third kappa shape index (κ3) is 2.78. The minimum Gasteiger partial charge on any atom is -0.493 e. The van der Waals surface area contributed by atoms with E-state index in [2.05, 4.69) is 35.6 Å². The maximum atomic E-state index is 6.29. The first kappa shape index (κ1) is 14.4. The summed E-state index contributed by atoms with van der Waals surface area (Å²) < 4.78 is 5.94. The van der Waals surface area contributed by atoms with E-state index in [0.29, 0.717) is 0 Å². The van der Waals surface area contributed by atoms with Gasteiger partial charge in [-0.1, -0.05) is 41.9 Å². The summed E-state index contributed by atoms with van der Waals surface area (Å²) in [6, 6.07) is 12.7. The first-order chi connectivity index (χ1) is 10.2. The molecule has 2 aromatic rings. The van der Waals surface area contributed by atoms with E-state index < -0.39 is 0 Å². The van der Waals surface area contributed by atoms with Gasteiger partial charge in [0.15, 0.2) is 0 Å². The first-order valence-electron chi connectivity index (χ1n) is 7.38. The molecule has 0 saturated heterocycles. The maximum absolute atomic E-state index is 6.29. The van der Waals surface area contributed by atoms with Crippen LogP contribution in [0.15, 0.2) is 36.4 Å². The van der Waals surface area contributed by atoms with Crippen molar-refractivity contribution in [3.05, 3.63) is 63.7 Å². The lowest BCUT2D eigenvalue weighted by atomic mass is 9.93. The van der Waals surface area contributed by atoms with Crippen molar-refractivity contribution in [1.82, 2.24) is 5.32 Å². The van der Waals surface area contributed by atoms with E-state index >= 15 is 0 Å². The summed E-state index contributed by atoms with van der Waals surface area (Å²) >= 11 is 6.29. The Morgan fingerprint density at radius 3 is 2.86 bits per heavy atom. The van der Waals surface area contributed by atoms with Crippen LogP contribution in [-0.2, 0) is 6.42 Å². The molecule has 2 nitrogen and oxygen atoms in total. The van der Waals surface area contributed by atoms with Gasteiger partial charge in [-0.05, 0) is 49.6 Å². The minimum absolute atomic E-state index is 0.0937. The third-order valence-corrected chi connectivity index (χ3v) is 4.50. The van der Waals surface area contributed by atoms with Gasteiger partial charge in [-0.3, -0.25) is 0 Å². The fourth-order valence-electron chi connectivity index (χ4n) is 2.93. The fraction of sp³-hybridized carbons (Fsp3) is 0.333. The number of para-hydroxylation sites is 1. The summed E-state index contributed by atoms with van der Waals surface area (Å²) in [5, 5.41) is 4.20. The molecule has 0 aromatic heterocycles. The monoisotopic (exact) mass is 301 g/mol. The van der Waals surface area contributed by atoms with Crippen LogP contribution in [0, 0.1) is 6.92 Å². The molecule has 21 heavy (non-hydrogen) atoms. The molecule has 1 unspecified atom stereocenters. The Morgan fingerprint density at radius 2 is 2.10 bits per heavy atom. The predicted molar refractivity (Wildman–Crippen MR) is 87.3 cm³/mol. The fourth-order valence-corrected chi connectivity index (χ4v) is 3.12. The number of fused-ring (bicyclic) bond motifs is 1. The van der Waals surface area contributed by atoms with E-state index in [1.807, 2.05) is 20.0 Å². The van der Waals surface area contributed by atoms with Gasteiger partial charge in [0.05, 0.1) is 12.6 Å². The molecular formula is C18H20ClNO. The van der Waals surface area contributed by atoms with Gasteiger partial charge < -0.3 is 10.1 Å². The van der Waals surface area contributed by atoms with Crippen molar-refractivity contribution < 1.29 is 4.74 Å². The van der Waals surface area contributed by atoms with Crippen LogP contribution in [0.2, 0.25) is 5.02 Å². The van der Waals surface area contributed by atoms with Crippen molar-refractivity contribution in [3.8, 4) is 5.75 Å². The first-order valence-corrected chi connectivity index (χ1v) is 7.76. The number of rotatable bonds is 3. The highest BCUT2D eigenvalue weighted by Gasteiger charge is 2.21. The Balaban J connectivity index is 2.06. The zero-order valence-electron chi connectivity index (χ0n) is 12.4. The molecule has 1 aliphatic heterocycles. The number of hydrogen-bond acceptors (Lipinski definition) is 2. The Labute approximate surface area is 131 Å². The lowest BCUT2D eigenvalue weighted by Gasteiger charge is -2.25. The van der Waals surface area contributed by atoms with Gasteiger partial charge >= 0.3 is 0 Å². The molecule has 1 atom stereocenters. The Bertz CT molecular complexity index is 654. The normalized spacial score (nSPS) is 15.2. The molecule has 0 radical (unpaired) electrons. The quantitative estimate of drug-likeness (QED) is 0.913. The zero-order valence-corrected chi connectivity index (χ0v) is 13.2. The van der Waals surface area contributed by atoms with Gasteiger partial charge in [0.2, 0.25) is 0 Å². The average molecular weight is 302 g/mol. The summed E-state index contributed by atoms with van der Waals surface area (Å²) in [7, 11) is 1.97. The van der Waals surface area contributed by atoms with Crippen molar-refractivity contribution in [1.29, 1.82) is 0 Å². The Kier molecular flexibility index (Phi) is 4.18. The lowest BCUT2D eigenvalue weighted by molar-refractivity contribution is 0.283. The predicted octanol–water partition coefficient (Wildman–Crippen LogP) is 4.28. The molecule has 0 spiro atoms. The van der Waals surface area contributed by atoms with E-state index in [0.717, 1.165) is 41.3 Å². The van der Waals surface area contributed by atoms with E-state index in [4.69, 9.17) is 16.3 Å². The van der Waals surface area contributed by atoms with Crippen LogP contribution in [0.25, 0.3) is 0 Å². The molecule has 110 valence electrons. The van der Waals surface area contributed by atoms with Crippen LogP contribution in [0.5, 0.6) is 5.75 Å². The van der Waals surface area contributed by atoms with E-state index in [1.54, 1.807) is 0 Å². The summed E-state index contributed by atoms with van der Waals surface area (Å²) in [6.45, 7) is 2.82. The SMILES string of the molecule is CNC(c1ccc(C)c(Cl)c1)c1cccc2c1OCCC2. The van der Waals surface area contributed by atoms with Gasteiger partial charge in [-0.25, -0.2) is 0 Å². The van der Waals surface area contributed by atoms with Crippen LogP contribution < -0.4 is 10.1 Å². The molecule has 0 aliphatic carbocycles. The molecule has 3 heteroatoms. The number of nitrogens with one attached hydrogen (secondary N) is 1. The molecule has 1 aliphatic rings. The Hall–Kier alpha value is -1.51. The van der Waals surface area contributed by atoms with Crippen molar-refractivity contribution in [2.45, 2.75) is 25.8 Å². The third-order valence-electron chi connectivity index (χ3n) is 4.09. The maximum Gasteiger partial charge on any atom is 0.127 e. The molecule has 0 bridgehead atoms. The molecule has 1 heterocycles. The highest BCUT2D eigenvalue weighted by atomic mass is 35.5. The van der Waals surface area contributed by atoms with E-state index in [1.165, 1.54) is 11.1 Å². The van der Waals surface area contributed by atoms with Crippen LogP contribution in [0.1, 0.15) is 34.7 Å². The highest BCUT2D eigenvalue weighted by Crippen LogP contribution is 2.36. The number of ether oxygens (including phenoxy) is 1. The molecule has 3 rings (SSSR count). The van der Waals surface area contributed by atoms with Crippen molar-refractivity contribution >= 4 is 11.6 Å². The second kappa shape index (κ2) is 6.08. The van der Waals surface area contributed by atoms with Crippen LogP contribution in [0.3, 0.4) is 0 Å². The molecule has 2 aromatic carbocycles. The van der Waals surface area contributed by atoms with E-state index in [-0.39, 0.29) is 6.04 Å². The summed E-state index contributed by atoms with van der Waals surface area (Å²) in [4.78, 5) is 0. The standard InChI is InChI=1S/C18H20ClNO/c1-12-8-9-14(11-16(12)19)17(20-2)15-7-3-5-13-6-4-10-21-18(13)15/h3,5,7-9,11,17,20H,4,6,10H2,1-2H3. The highest BCUT2D eigenvalue weighted by molar-refractivity contribution is 6.31. The molecule has 1 N–H and O–H groups in total. The lowest BCUT2D eigenvalue weighted by Crippen LogP contribution is -2.20. The van der Waals surface area contributed by atoms with Gasteiger partial charge in [0.25, 0.3) is 0 Å². The van der Waals surface area contributed by atoms with Crippen molar-refractivity contribution in [2.75, 3.05) is 13.7 Å². The summed E-state index contributed by atoms with van der Waals surface area (Å²) in [5.74, 6) is 1.04. The summed E-state index contributed by atoms with van der Waals surface area (Å²) in [6.07, 6.45) is 2.19. The van der Waals surface area contributed by atoms with Gasteiger partial charge in [-0.15, -0.1) is 0 Å². The molecule has 0 saturated carbocycles. The molecule has 0 amide bonds. The smallest absolute Gasteiger partial charge is 0.127 e. The molecule has 0 fully saturated rings. The number of benzene rings is 2. The summed E-state index contributed by atoms with van der Waals surface area (Å²) in [5.41, 5.74) is 4.75. The average Bonchev–Trinajstić information content (AvgIpc) is 2.52. The van der Waals surface area contributed by atoms with Gasteiger partial charge in [0.1, 0.15) is 5.75 Å².